The average molecular weight is 335 g/mol. The van der Waals surface area contributed by atoms with Crippen LogP contribution in [-0.4, -0.2) is 31.8 Å². The summed E-state index contributed by atoms with van der Waals surface area (Å²) in [5.41, 5.74) is 2.54. The standard InChI is InChI=1S/C16H19BrN2O/c1-20-8-7-18-10-11-9-14(11)12-4-5-15(17)13-3-2-6-19-16(12)13/h2-6,11,14,18H,7-10H2,1H3. The predicted octanol–water partition coefficient (Wildman–Crippen LogP) is 3.34. The van der Waals surface area contributed by atoms with Crippen LogP contribution >= 0.6 is 15.9 Å². The Labute approximate surface area is 127 Å². The van der Waals surface area contributed by atoms with Crippen molar-refractivity contribution < 1.29 is 4.74 Å². The van der Waals surface area contributed by atoms with Gasteiger partial charge in [0, 0.05) is 29.7 Å². The Kier molecular flexibility index (Phi) is 4.34. The van der Waals surface area contributed by atoms with Crippen molar-refractivity contribution in [2.45, 2.75) is 12.3 Å². The molecule has 4 heteroatoms. The molecule has 1 heterocycles. The summed E-state index contributed by atoms with van der Waals surface area (Å²) in [6, 6.07) is 8.49. The van der Waals surface area contributed by atoms with Crippen molar-refractivity contribution in [3.63, 3.8) is 0 Å². The third-order valence-corrected chi connectivity index (χ3v) is 4.65. The first-order chi connectivity index (χ1) is 9.81. The van der Waals surface area contributed by atoms with E-state index >= 15 is 0 Å². The van der Waals surface area contributed by atoms with Gasteiger partial charge in [0.15, 0.2) is 0 Å². The van der Waals surface area contributed by atoms with Crippen molar-refractivity contribution in [3.8, 4) is 0 Å². The number of hydrogen-bond acceptors (Lipinski definition) is 3. The van der Waals surface area contributed by atoms with Crippen molar-refractivity contribution in [3.05, 3.63) is 40.5 Å². The van der Waals surface area contributed by atoms with Crippen LogP contribution in [0.3, 0.4) is 0 Å². The second kappa shape index (κ2) is 6.20. The molecule has 1 N–H and O–H groups in total. The molecule has 2 atom stereocenters. The molecule has 0 aliphatic heterocycles. The van der Waals surface area contributed by atoms with Gasteiger partial charge in [0.05, 0.1) is 12.1 Å². The molecular weight excluding hydrogens is 316 g/mol. The van der Waals surface area contributed by atoms with Crippen molar-refractivity contribution in [2.24, 2.45) is 5.92 Å². The Morgan fingerprint density at radius 2 is 2.30 bits per heavy atom. The molecule has 0 spiro atoms. The molecule has 1 fully saturated rings. The van der Waals surface area contributed by atoms with Crippen LogP contribution in [-0.2, 0) is 4.74 Å². The van der Waals surface area contributed by atoms with E-state index in [1.165, 1.54) is 17.4 Å². The number of nitrogens with zero attached hydrogens (tertiary/aromatic N) is 1. The van der Waals surface area contributed by atoms with Crippen molar-refractivity contribution in [2.75, 3.05) is 26.8 Å². The SMILES string of the molecule is COCCNCC1CC1c1ccc(Br)c2cccnc12. The first kappa shape index (κ1) is 14.0. The maximum atomic E-state index is 5.05. The number of hydrogen-bond donors (Lipinski definition) is 1. The van der Waals surface area contributed by atoms with Gasteiger partial charge in [-0.2, -0.15) is 0 Å². The molecule has 2 aromatic rings. The van der Waals surface area contributed by atoms with Crippen LogP contribution < -0.4 is 5.32 Å². The minimum Gasteiger partial charge on any atom is -0.383 e. The quantitative estimate of drug-likeness (QED) is 0.822. The highest BCUT2D eigenvalue weighted by Gasteiger charge is 2.38. The molecule has 0 saturated heterocycles. The molecule has 3 nitrogen and oxygen atoms in total. The summed E-state index contributed by atoms with van der Waals surface area (Å²) < 4.78 is 6.17. The van der Waals surface area contributed by atoms with E-state index in [9.17, 15) is 0 Å². The Hall–Kier alpha value is -0.970. The van der Waals surface area contributed by atoms with Gasteiger partial charge in [0.1, 0.15) is 0 Å². The van der Waals surface area contributed by atoms with Crippen molar-refractivity contribution >= 4 is 26.8 Å². The molecule has 2 unspecified atom stereocenters. The van der Waals surface area contributed by atoms with E-state index < -0.39 is 0 Å². The zero-order chi connectivity index (χ0) is 13.9. The van der Waals surface area contributed by atoms with Gasteiger partial charge >= 0.3 is 0 Å². The molecular formula is C16H19BrN2O. The highest BCUT2D eigenvalue weighted by Crippen LogP contribution is 2.49. The third kappa shape index (κ3) is 2.87. The van der Waals surface area contributed by atoms with Gasteiger partial charge in [-0.1, -0.05) is 28.1 Å². The van der Waals surface area contributed by atoms with E-state index in [2.05, 4.69) is 44.4 Å². The number of benzene rings is 1. The van der Waals surface area contributed by atoms with E-state index in [0.717, 1.165) is 35.6 Å². The lowest BCUT2D eigenvalue weighted by atomic mass is 10.0. The molecule has 1 aromatic heterocycles. The number of nitrogens with one attached hydrogen (secondary N) is 1. The number of methoxy groups -OCH3 is 1. The van der Waals surface area contributed by atoms with E-state index in [1.54, 1.807) is 7.11 Å². The maximum absolute atomic E-state index is 5.05. The van der Waals surface area contributed by atoms with Crippen LogP contribution in [0, 0.1) is 5.92 Å². The highest BCUT2D eigenvalue weighted by molar-refractivity contribution is 9.10. The molecule has 106 valence electrons. The Bertz CT molecular complexity index is 602. The van der Waals surface area contributed by atoms with Gasteiger partial charge in [-0.05, 0) is 42.5 Å². The molecule has 1 aliphatic rings. The number of rotatable bonds is 6. The van der Waals surface area contributed by atoms with Crippen LogP contribution in [0.15, 0.2) is 34.9 Å². The minimum atomic E-state index is 0.649. The fourth-order valence-corrected chi connectivity index (χ4v) is 3.23. The zero-order valence-electron chi connectivity index (χ0n) is 11.6. The Morgan fingerprint density at radius 1 is 1.40 bits per heavy atom. The van der Waals surface area contributed by atoms with Gasteiger partial charge in [0.25, 0.3) is 0 Å². The lowest BCUT2D eigenvalue weighted by molar-refractivity contribution is 0.199. The van der Waals surface area contributed by atoms with Crippen molar-refractivity contribution in [1.82, 2.24) is 10.3 Å². The second-order valence-corrected chi connectivity index (χ2v) is 6.19. The molecule has 0 amide bonds. The fourth-order valence-electron chi connectivity index (χ4n) is 2.77. The zero-order valence-corrected chi connectivity index (χ0v) is 13.2. The van der Waals surface area contributed by atoms with E-state index in [0.29, 0.717) is 5.92 Å². The molecule has 0 radical (unpaired) electrons. The maximum Gasteiger partial charge on any atom is 0.0748 e. The Balaban J connectivity index is 1.72. The Morgan fingerprint density at radius 3 is 3.15 bits per heavy atom. The van der Waals surface area contributed by atoms with Crippen molar-refractivity contribution in [1.29, 1.82) is 0 Å². The monoisotopic (exact) mass is 334 g/mol. The van der Waals surface area contributed by atoms with E-state index in [-0.39, 0.29) is 0 Å². The number of halogens is 1. The first-order valence-electron chi connectivity index (χ1n) is 7.04. The topological polar surface area (TPSA) is 34.1 Å². The van der Waals surface area contributed by atoms with E-state index in [4.69, 9.17) is 4.74 Å². The number of ether oxygens (including phenoxy) is 1. The van der Waals surface area contributed by atoms with E-state index in [1.807, 2.05) is 12.3 Å². The summed E-state index contributed by atoms with van der Waals surface area (Å²) in [6.45, 7) is 2.78. The summed E-state index contributed by atoms with van der Waals surface area (Å²) in [4.78, 5) is 4.58. The van der Waals surface area contributed by atoms with Crippen LogP contribution in [0.5, 0.6) is 0 Å². The van der Waals surface area contributed by atoms with Gasteiger partial charge in [-0.3, -0.25) is 4.98 Å². The van der Waals surface area contributed by atoms with Crippen LogP contribution in [0.2, 0.25) is 0 Å². The van der Waals surface area contributed by atoms with Crippen LogP contribution in [0.1, 0.15) is 17.9 Å². The molecule has 0 bridgehead atoms. The van der Waals surface area contributed by atoms with Gasteiger partial charge in [0.2, 0.25) is 0 Å². The summed E-state index contributed by atoms with van der Waals surface area (Å²) in [7, 11) is 1.74. The molecule has 20 heavy (non-hydrogen) atoms. The first-order valence-corrected chi connectivity index (χ1v) is 7.83. The molecule has 3 rings (SSSR count). The largest absolute Gasteiger partial charge is 0.383 e. The molecule has 1 saturated carbocycles. The number of fused-ring (bicyclic) bond motifs is 1. The number of pyridine rings is 1. The number of aromatic nitrogens is 1. The summed E-state index contributed by atoms with van der Waals surface area (Å²) in [5, 5.41) is 4.66. The van der Waals surface area contributed by atoms with Gasteiger partial charge in [-0.15, -0.1) is 0 Å². The summed E-state index contributed by atoms with van der Waals surface area (Å²) >= 11 is 3.61. The predicted molar refractivity (Wildman–Crippen MR) is 85.0 cm³/mol. The average Bonchev–Trinajstić information content (AvgIpc) is 3.24. The smallest absolute Gasteiger partial charge is 0.0748 e. The highest BCUT2D eigenvalue weighted by atomic mass is 79.9. The third-order valence-electron chi connectivity index (χ3n) is 3.96. The molecule has 1 aliphatic carbocycles. The van der Waals surface area contributed by atoms with Crippen LogP contribution in [0.25, 0.3) is 10.9 Å². The molecule has 1 aromatic carbocycles. The lowest BCUT2D eigenvalue weighted by Gasteiger charge is -2.07. The normalized spacial score (nSPS) is 21.3. The second-order valence-electron chi connectivity index (χ2n) is 5.34. The van der Waals surface area contributed by atoms with Crippen LogP contribution in [0.4, 0.5) is 0 Å². The summed E-state index contributed by atoms with van der Waals surface area (Å²) in [6.07, 6.45) is 3.14. The van der Waals surface area contributed by atoms with Gasteiger partial charge in [-0.25, -0.2) is 0 Å². The minimum absolute atomic E-state index is 0.649. The summed E-state index contributed by atoms with van der Waals surface area (Å²) in [5.74, 6) is 1.38. The fraction of sp³-hybridized carbons (Fsp3) is 0.438. The lowest BCUT2D eigenvalue weighted by Crippen LogP contribution is -2.21. The van der Waals surface area contributed by atoms with Gasteiger partial charge < -0.3 is 10.1 Å².